The summed E-state index contributed by atoms with van der Waals surface area (Å²) in [5.41, 5.74) is 0.0989. The molecule has 1 aliphatic heterocycles. The van der Waals surface area contributed by atoms with Crippen molar-refractivity contribution in [3.05, 3.63) is 41.2 Å². The van der Waals surface area contributed by atoms with Crippen LogP contribution in [-0.4, -0.2) is 11.9 Å². The molecule has 2 aliphatic rings. The zero-order chi connectivity index (χ0) is 12.0. The summed E-state index contributed by atoms with van der Waals surface area (Å²) in [5, 5.41) is 4.78. The number of rotatable bonds is 0. The first-order valence-corrected chi connectivity index (χ1v) is 5.22. The first-order valence-electron chi connectivity index (χ1n) is 5.22. The number of nitrogens with one attached hydrogen (secondary N) is 2. The Balaban J connectivity index is 2.22. The van der Waals surface area contributed by atoms with Crippen LogP contribution in [0.3, 0.4) is 0 Å². The second kappa shape index (κ2) is 3.16. The lowest BCUT2D eigenvalue weighted by Gasteiger charge is -2.29. The number of hydrogen-bond donors (Lipinski definition) is 2. The maximum atomic E-state index is 13.3. The number of benzene rings is 1. The van der Waals surface area contributed by atoms with Gasteiger partial charge in [0, 0.05) is 6.42 Å². The van der Waals surface area contributed by atoms with E-state index in [9.17, 15) is 14.0 Å². The van der Waals surface area contributed by atoms with Gasteiger partial charge < -0.3 is 5.32 Å². The second-order valence-electron chi connectivity index (χ2n) is 4.15. The Morgan fingerprint density at radius 2 is 2.12 bits per heavy atom. The Bertz CT molecular complexity index is 568. The molecule has 5 heteroatoms. The maximum Gasteiger partial charge on any atom is 0.322 e. The molecule has 1 unspecified atom stereocenters. The van der Waals surface area contributed by atoms with E-state index in [1.807, 2.05) is 6.08 Å². The van der Waals surface area contributed by atoms with Crippen LogP contribution >= 0.6 is 0 Å². The van der Waals surface area contributed by atoms with E-state index in [0.717, 1.165) is 5.56 Å². The minimum Gasteiger partial charge on any atom is -0.319 e. The van der Waals surface area contributed by atoms with Gasteiger partial charge in [0.25, 0.3) is 5.91 Å². The third kappa shape index (κ3) is 1.28. The molecule has 1 aromatic carbocycles. The van der Waals surface area contributed by atoms with E-state index < -0.39 is 23.3 Å². The van der Waals surface area contributed by atoms with Gasteiger partial charge in [0.2, 0.25) is 0 Å². The minimum absolute atomic E-state index is 0.334. The lowest BCUT2D eigenvalue weighted by atomic mass is 9.80. The van der Waals surface area contributed by atoms with Crippen LogP contribution in [0.25, 0.3) is 6.08 Å². The van der Waals surface area contributed by atoms with Crippen molar-refractivity contribution in [3.63, 3.8) is 0 Å². The summed E-state index contributed by atoms with van der Waals surface area (Å²) in [5.74, 6) is -0.855. The van der Waals surface area contributed by atoms with Gasteiger partial charge in [-0.3, -0.25) is 10.1 Å². The van der Waals surface area contributed by atoms with Gasteiger partial charge in [-0.25, -0.2) is 9.18 Å². The zero-order valence-electron chi connectivity index (χ0n) is 8.79. The molecule has 0 bridgehead atoms. The fourth-order valence-corrected chi connectivity index (χ4v) is 2.34. The van der Waals surface area contributed by atoms with Crippen LogP contribution in [0.15, 0.2) is 24.3 Å². The van der Waals surface area contributed by atoms with E-state index in [1.165, 1.54) is 12.1 Å². The van der Waals surface area contributed by atoms with E-state index in [-0.39, 0.29) is 0 Å². The molecule has 2 N–H and O–H groups in total. The van der Waals surface area contributed by atoms with Crippen LogP contribution in [0.1, 0.15) is 17.5 Å². The number of carbonyl (C=O) groups is 2. The van der Waals surface area contributed by atoms with Gasteiger partial charge in [0.05, 0.1) is 0 Å². The Morgan fingerprint density at radius 1 is 1.29 bits per heavy atom. The monoisotopic (exact) mass is 232 g/mol. The topological polar surface area (TPSA) is 58.2 Å². The number of fused-ring (bicyclic) bond motifs is 2. The normalized spacial score (nSPS) is 25.7. The van der Waals surface area contributed by atoms with Crippen molar-refractivity contribution in [2.75, 3.05) is 0 Å². The van der Waals surface area contributed by atoms with Crippen molar-refractivity contribution in [1.29, 1.82) is 0 Å². The highest BCUT2D eigenvalue weighted by Crippen LogP contribution is 2.36. The summed E-state index contributed by atoms with van der Waals surface area (Å²) in [6, 6.07) is 3.68. The smallest absolute Gasteiger partial charge is 0.319 e. The quantitative estimate of drug-likeness (QED) is 0.662. The van der Waals surface area contributed by atoms with Crippen LogP contribution in [0, 0.1) is 5.82 Å². The van der Waals surface area contributed by atoms with Crippen molar-refractivity contribution in [2.45, 2.75) is 12.0 Å². The molecule has 3 amide bonds. The first kappa shape index (κ1) is 10.0. The molecule has 1 spiro atoms. The molecule has 1 aromatic rings. The van der Waals surface area contributed by atoms with E-state index in [0.29, 0.717) is 12.0 Å². The predicted molar refractivity (Wildman–Crippen MR) is 58.4 cm³/mol. The second-order valence-corrected chi connectivity index (χ2v) is 4.15. The van der Waals surface area contributed by atoms with Crippen molar-refractivity contribution >= 4 is 18.0 Å². The highest BCUT2D eigenvalue weighted by molar-refractivity contribution is 6.08. The first-order chi connectivity index (χ1) is 8.12. The Morgan fingerprint density at radius 3 is 2.82 bits per heavy atom. The van der Waals surface area contributed by atoms with Crippen molar-refractivity contribution in [1.82, 2.24) is 10.6 Å². The third-order valence-corrected chi connectivity index (χ3v) is 3.14. The number of amides is 3. The summed E-state index contributed by atoms with van der Waals surface area (Å²) in [7, 11) is 0. The predicted octanol–water partition coefficient (Wildman–Crippen LogP) is 1.28. The lowest BCUT2D eigenvalue weighted by Crippen LogP contribution is -2.44. The average molecular weight is 232 g/mol. The van der Waals surface area contributed by atoms with E-state index in [1.54, 1.807) is 12.1 Å². The van der Waals surface area contributed by atoms with Crippen LogP contribution in [0.4, 0.5) is 9.18 Å². The molecule has 0 saturated carbocycles. The van der Waals surface area contributed by atoms with Crippen LogP contribution in [0.2, 0.25) is 0 Å². The SMILES string of the molecule is O=C1NC(=O)C2(CC=Cc3ccc(F)cc32)N1. The van der Waals surface area contributed by atoms with Crippen molar-refractivity contribution < 1.29 is 14.0 Å². The molecule has 0 radical (unpaired) electrons. The highest BCUT2D eigenvalue weighted by atomic mass is 19.1. The maximum absolute atomic E-state index is 13.3. The fourth-order valence-electron chi connectivity index (χ4n) is 2.34. The molecule has 1 atom stereocenters. The van der Waals surface area contributed by atoms with Crippen molar-refractivity contribution in [2.24, 2.45) is 0 Å². The van der Waals surface area contributed by atoms with Crippen LogP contribution < -0.4 is 10.6 Å². The summed E-state index contributed by atoms with van der Waals surface area (Å²) < 4.78 is 13.3. The number of hydrogen-bond acceptors (Lipinski definition) is 2. The molecule has 3 rings (SSSR count). The van der Waals surface area contributed by atoms with Gasteiger partial charge in [0.15, 0.2) is 5.54 Å². The standard InChI is InChI=1S/C12H9FN2O2/c13-8-4-3-7-2-1-5-12(9(7)6-8)10(16)14-11(17)15-12/h1-4,6H,5H2,(H2,14,15,16,17). The van der Waals surface area contributed by atoms with E-state index >= 15 is 0 Å². The summed E-state index contributed by atoms with van der Waals surface area (Å²) in [4.78, 5) is 23.1. The molecule has 1 fully saturated rings. The highest BCUT2D eigenvalue weighted by Gasteiger charge is 2.48. The molecule has 1 aliphatic carbocycles. The fraction of sp³-hybridized carbons (Fsp3) is 0.167. The number of halogens is 1. The van der Waals surface area contributed by atoms with Gasteiger partial charge in [-0.1, -0.05) is 18.2 Å². The average Bonchev–Trinajstić information content (AvgIpc) is 2.56. The third-order valence-electron chi connectivity index (χ3n) is 3.14. The van der Waals surface area contributed by atoms with Crippen LogP contribution in [0.5, 0.6) is 0 Å². The molecular weight excluding hydrogens is 223 g/mol. The largest absolute Gasteiger partial charge is 0.322 e. The zero-order valence-corrected chi connectivity index (χ0v) is 8.79. The number of carbonyl (C=O) groups excluding carboxylic acids is 2. The molecule has 1 saturated heterocycles. The minimum atomic E-state index is -1.15. The lowest BCUT2D eigenvalue weighted by molar-refractivity contribution is -0.124. The molecule has 17 heavy (non-hydrogen) atoms. The van der Waals surface area contributed by atoms with E-state index in [4.69, 9.17) is 0 Å². The Kier molecular flexibility index (Phi) is 1.86. The van der Waals surface area contributed by atoms with Gasteiger partial charge in [-0.15, -0.1) is 0 Å². The summed E-state index contributed by atoms with van der Waals surface area (Å²) in [6.45, 7) is 0. The summed E-state index contributed by atoms with van der Waals surface area (Å²) in [6.07, 6.45) is 3.95. The number of urea groups is 1. The molecule has 0 aromatic heterocycles. The van der Waals surface area contributed by atoms with Gasteiger partial charge >= 0.3 is 6.03 Å². The summed E-state index contributed by atoms with van der Waals surface area (Å²) >= 11 is 0. The van der Waals surface area contributed by atoms with Gasteiger partial charge in [0.1, 0.15) is 5.82 Å². The number of imide groups is 1. The van der Waals surface area contributed by atoms with Gasteiger partial charge in [-0.2, -0.15) is 0 Å². The van der Waals surface area contributed by atoms with E-state index in [2.05, 4.69) is 10.6 Å². The molecule has 4 nitrogen and oxygen atoms in total. The van der Waals surface area contributed by atoms with Gasteiger partial charge in [-0.05, 0) is 23.3 Å². The Labute approximate surface area is 96.5 Å². The molecule has 1 heterocycles. The molecule has 86 valence electrons. The van der Waals surface area contributed by atoms with Crippen LogP contribution in [-0.2, 0) is 10.3 Å². The Hall–Kier alpha value is -2.17. The molecular formula is C12H9FN2O2. The van der Waals surface area contributed by atoms with Crippen molar-refractivity contribution in [3.8, 4) is 0 Å².